The van der Waals surface area contributed by atoms with Crippen molar-refractivity contribution in [3.63, 3.8) is 0 Å². The molecule has 0 radical (unpaired) electrons. The fraction of sp³-hybridized carbons (Fsp3) is 0.214. The first kappa shape index (κ1) is 79.9. The minimum atomic E-state index is -3.80. The first-order chi connectivity index (χ1) is 52.4. The number of pyridine rings is 2. The molecule has 0 saturated carbocycles. The second-order valence-electron chi connectivity index (χ2n) is 27.0. The Bertz CT molecular complexity index is 5570. The number of fused-ring (bicyclic) bond motifs is 2. The Morgan fingerprint density at radius 2 is 0.882 bits per heavy atom. The van der Waals surface area contributed by atoms with Gasteiger partial charge in [-0.3, -0.25) is 27.8 Å². The molecule has 110 heavy (non-hydrogen) atoms. The van der Waals surface area contributed by atoms with E-state index in [4.69, 9.17) is 32.6 Å². The van der Waals surface area contributed by atoms with Crippen LogP contribution in [0.3, 0.4) is 0 Å². The number of anilines is 2. The van der Waals surface area contributed by atoms with Gasteiger partial charge in [0.15, 0.2) is 11.6 Å². The summed E-state index contributed by atoms with van der Waals surface area (Å²) in [6.45, 7) is 8.18. The number of furan rings is 2. The Balaban J connectivity index is 0.000000174. The molecular weight excluding hydrogens is 1510 g/mol. The summed E-state index contributed by atoms with van der Waals surface area (Å²) in [7, 11) is -2.56. The van der Waals surface area contributed by atoms with Gasteiger partial charge in [-0.15, -0.1) is 0 Å². The number of aryl methyl sites for hydroxylation is 2. The molecule has 1 aliphatic heterocycles. The van der Waals surface area contributed by atoms with Crippen molar-refractivity contribution in [2.75, 3.05) is 49.3 Å². The van der Waals surface area contributed by atoms with Crippen molar-refractivity contribution in [2.24, 2.45) is 0 Å². The zero-order chi connectivity index (χ0) is 78.8. The SMILES string of the molecule is CNC(=O)c1c(-c2ccc(F)cc2)oc2cc(N(C)S(C)(=O)=O)c(-c3ccc(OCc4ccccc4)c(C(=O)CCc4ccccc4)n3)cc12.CNC(=O)c1c(-c2ccc(F)cc2)oc2cc(N(C)S(C)(=O)=O)c(B3OC(C)(C)C(C)(C)O3)cc12.O=C(CCc1ccccc1)c1nc(Br)ccc1OCc1ccccc1. The number of nitrogens with one attached hydrogen (secondary N) is 2. The summed E-state index contributed by atoms with van der Waals surface area (Å²) in [4.78, 5) is 61.9. The van der Waals surface area contributed by atoms with Crippen LogP contribution < -0.4 is 34.2 Å². The maximum absolute atomic E-state index is 13.8. The van der Waals surface area contributed by atoms with E-state index in [0.29, 0.717) is 80.5 Å². The normalized spacial score (nSPS) is 13.0. The van der Waals surface area contributed by atoms with Crippen molar-refractivity contribution in [3.8, 4) is 45.4 Å². The molecule has 0 aliphatic carbocycles. The highest BCUT2D eigenvalue weighted by atomic mass is 79.9. The van der Waals surface area contributed by atoms with Gasteiger partial charge in [0, 0.05) is 86.1 Å². The molecule has 0 unspecified atom stereocenters. The fourth-order valence-electron chi connectivity index (χ4n) is 12.0. The van der Waals surface area contributed by atoms with E-state index in [0.717, 1.165) is 43.4 Å². The van der Waals surface area contributed by atoms with E-state index in [9.17, 15) is 44.8 Å². The monoisotopic (exact) mass is 1590 g/mol. The van der Waals surface area contributed by atoms with Crippen molar-refractivity contribution >= 4 is 105 Å². The summed E-state index contributed by atoms with van der Waals surface area (Å²) >= 11 is 3.34. The van der Waals surface area contributed by atoms with Gasteiger partial charge >= 0.3 is 7.12 Å². The number of hydrogen-bond acceptors (Lipinski definition) is 16. The minimum absolute atomic E-state index is 0.0202. The highest BCUT2D eigenvalue weighted by Crippen LogP contribution is 2.44. The number of ether oxygens (including phenoxy) is 2. The van der Waals surface area contributed by atoms with E-state index in [1.807, 2.05) is 149 Å². The molecule has 1 aliphatic rings. The predicted molar refractivity (Wildman–Crippen MR) is 427 cm³/mol. The van der Waals surface area contributed by atoms with E-state index in [-0.39, 0.29) is 81.2 Å². The fourth-order valence-corrected chi connectivity index (χ4v) is 13.3. The largest absolute Gasteiger partial charge is 0.497 e. The molecule has 2 amide bonds. The van der Waals surface area contributed by atoms with Crippen molar-refractivity contribution < 1.29 is 72.4 Å². The smallest absolute Gasteiger partial charge is 0.487 e. The molecule has 1 saturated heterocycles. The number of Topliss-reactive ketones (excluding diaryl/α,β-unsaturated/α-hetero) is 2. The number of nitrogens with zero attached hydrogens (tertiary/aromatic N) is 4. The molecule has 26 heteroatoms. The Hall–Kier alpha value is -11.2. The Morgan fingerprint density at radius 1 is 0.500 bits per heavy atom. The molecule has 0 atom stereocenters. The summed E-state index contributed by atoms with van der Waals surface area (Å²) in [5, 5.41) is 6.06. The molecule has 5 heterocycles. The summed E-state index contributed by atoms with van der Waals surface area (Å²) < 4.78 is 118. The lowest BCUT2D eigenvalue weighted by Crippen LogP contribution is -2.41. The van der Waals surface area contributed by atoms with Crippen LogP contribution >= 0.6 is 15.9 Å². The molecule has 0 spiro atoms. The van der Waals surface area contributed by atoms with E-state index < -0.39 is 61.8 Å². The Labute approximate surface area is 646 Å². The van der Waals surface area contributed by atoms with Crippen LogP contribution in [0.25, 0.3) is 55.8 Å². The van der Waals surface area contributed by atoms with Crippen LogP contribution in [0.2, 0.25) is 0 Å². The van der Waals surface area contributed by atoms with Crippen LogP contribution in [0.5, 0.6) is 11.5 Å². The molecule has 20 nitrogen and oxygen atoms in total. The van der Waals surface area contributed by atoms with Gasteiger partial charge in [-0.2, -0.15) is 0 Å². The summed E-state index contributed by atoms with van der Waals surface area (Å²) in [6.07, 6.45) is 3.87. The first-order valence-electron chi connectivity index (χ1n) is 35.0. The highest BCUT2D eigenvalue weighted by molar-refractivity contribution is 9.10. The van der Waals surface area contributed by atoms with Gasteiger partial charge < -0.3 is 38.3 Å². The third-order valence-electron chi connectivity index (χ3n) is 18.9. The topological polar surface area (TPSA) is 256 Å². The number of amides is 2. The van der Waals surface area contributed by atoms with E-state index in [1.54, 1.807) is 42.5 Å². The van der Waals surface area contributed by atoms with Crippen LogP contribution in [0.4, 0.5) is 20.2 Å². The number of carbonyl (C=O) groups excluding carboxylic acids is 4. The average molecular weight is 1590 g/mol. The van der Waals surface area contributed by atoms with Crippen LogP contribution in [-0.2, 0) is 55.4 Å². The molecule has 8 aromatic carbocycles. The lowest BCUT2D eigenvalue weighted by Gasteiger charge is -2.32. The summed E-state index contributed by atoms with van der Waals surface area (Å²) in [5.74, 6) is -0.822. The molecule has 566 valence electrons. The molecule has 12 aromatic rings. The van der Waals surface area contributed by atoms with Crippen molar-refractivity contribution in [3.05, 3.63) is 279 Å². The Morgan fingerprint density at radius 3 is 1.30 bits per heavy atom. The van der Waals surface area contributed by atoms with Gasteiger partial charge in [-0.1, -0.05) is 121 Å². The third-order valence-corrected chi connectivity index (χ3v) is 21.7. The number of benzene rings is 8. The van der Waals surface area contributed by atoms with Crippen molar-refractivity contribution in [1.29, 1.82) is 0 Å². The number of ketones is 2. The first-order valence-corrected chi connectivity index (χ1v) is 39.5. The second kappa shape index (κ2) is 34.2. The molecule has 1 fully saturated rings. The maximum atomic E-state index is 13.8. The molecular formula is C84H80BBrF2N6O14S2. The zero-order valence-electron chi connectivity index (χ0n) is 62.1. The average Bonchev–Trinajstić information content (AvgIpc) is 1.53. The van der Waals surface area contributed by atoms with Crippen molar-refractivity contribution in [2.45, 2.75) is 77.8 Å². The van der Waals surface area contributed by atoms with Crippen LogP contribution in [0.15, 0.2) is 232 Å². The number of hydrogen-bond donors (Lipinski definition) is 2. The minimum Gasteiger partial charge on any atom is -0.487 e. The second-order valence-corrected chi connectivity index (χ2v) is 31.8. The lowest BCUT2D eigenvalue weighted by atomic mass is 9.77. The molecule has 13 rings (SSSR count). The highest BCUT2D eigenvalue weighted by Gasteiger charge is 2.53. The van der Waals surface area contributed by atoms with Crippen LogP contribution in [0, 0.1) is 11.6 Å². The van der Waals surface area contributed by atoms with Gasteiger partial charge in [-0.25, -0.2) is 35.6 Å². The summed E-state index contributed by atoms with van der Waals surface area (Å²) in [6, 6.07) is 63.3. The maximum Gasteiger partial charge on any atom is 0.497 e. The molecule has 0 bridgehead atoms. The van der Waals surface area contributed by atoms with Gasteiger partial charge in [0.05, 0.1) is 51.9 Å². The molecule has 2 N–H and O–H groups in total. The number of sulfonamides is 2. The van der Waals surface area contributed by atoms with E-state index in [2.05, 4.69) is 31.5 Å². The summed E-state index contributed by atoms with van der Waals surface area (Å²) in [5.41, 5.74) is 6.59. The molecule has 4 aromatic heterocycles. The zero-order valence-corrected chi connectivity index (χ0v) is 65.3. The van der Waals surface area contributed by atoms with Crippen molar-refractivity contribution in [1.82, 2.24) is 20.6 Å². The standard InChI is InChI=1S/C39H34FN3O6S.C24H28BFN2O6S.C21H18BrNO2/c1-41-39(45)36-30-22-29(32(43(2)50(3,46)47)23-35(30)49-38(36)27-15-17-28(40)18-16-27)31-19-21-34(48-24-26-12-8-5-9-13-26)37(42-31)33(44)20-14-25-10-6-4-7-11-25;1-23(2)24(3,4)34-25(33-23)17-12-16-19(13-18(17)28(6)35(7,30)31)32-21(20(16)22(29)27-5)14-8-10-15(26)11-9-14;22-20-14-13-19(25-15-17-9-5-2-6-10-17)21(23-20)18(24)12-11-16-7-3-1-4-8-16/h4-13,15-19,21-23H,14,20,24H2,1-3H3,(H,41,45);8-13H,1-7H3,(H,27,29);1-10,13-14H,11-12,15H2. The van der Waals surface area contributed by atoms with Crippen LogP contribution in [0.1, 0.15) is 104 Å². The number of rotatable bonds is 24. The number of carbonyl (C=O) groups is 4. The predicted octanol–water partition coefficient (Wildman–Crippen LogP) is 16.0. The number of halogens is 3. The van der Waals surface area contributed by atoms with Gasteiger partial charge in [0.2, 0.25) is 20.0 Å². The van der Waals surface area contributed by atoms with Gasteiger partial charge in [0.25, 0.3) is 11.8 Å². The van der Waals surface area contributed by atoms with Crippen LogP contribution in [-0.4, -0.2) is 109 Å². The van der Waals surface area contributed by atoms with E-state index in [1.165, 1.54) is 82.8 Å². The third kappa shape index (κ3) is 18.7. The Kier molecular flexibility index (Phi) is 24.8. The van der Waals surface area contributed by atoms with E-state index >= 15 is 0 Å². The quantitative estimate of drug-likeness (QED) is 0.0324. The van der Waals surface area contributed by atoms with Gasteiger partial charge in [0.1, 0.15) is 75.0 Å². The number of aromatic nitrogens is 2. The lowest BCUT2D eigenvalue weighted by molar-refractivity contribution is 0.00578. The van der Waals surface area contributed by atoms with Gasteiger partial charge in [-0.05, 0) is 164 Å².